The number of hydrogen-bond donors (Lipinski definition) is 0. The van der Waals surface area contributed by atoms with Gasteiger partial charge in [-0.2, -0.15) is 0 Å². The highest BCUT2D eigenvalue weighted by Crippen LogP contribution is 2.35. The molecule has 1 amide bonds. The summed E-state index contributed by atoms with van der Waals surface area (Å²) in [5.74, 6) is 1.41. The largest absolute Gasteiger partial charge is 0.454 e. The van der Waals surface area contributed by atoms with Gasteiger partial charge >= 0.3 is 0 Å². The van der Waals surface area contributed by atoms with Crippen molar-refractivity contribution in [1.29, 1.82) is 0 Å². The van der Waals surface area contributed by atoms with Crippen LogP contribution in [-0.2, 0) is 6.54 Å². The quantitative estimate of drug-likeness (QED) is 0.856. The van der Waals surface area contributed by atoms with E-state index in [9.17, 15) is 4.79 Å². The van der Waals surface area contributed by atoms with E-state index in [-0.39, 0.29) is 18.7 Å². The van der Waals surface area contributed by atoms with E-state index in [1.165, 1.54) is 5.69 Å². The van der Waals surface area contributed by atoms with Gasteiger partial charge in [-0.1, -0.05) is 6.92 Å². The average Bonchev–Trinajstić information content (AvgIpc) is 3.20. The summed E-state index contributed by atoms with van der Waals surface area (Å²) in [6, 6.07) is 9.69. The second-order valence-electron chi connectivity index (χ2n) is 5.62. The van der Waals surface area contributed by atoms with E-state index in [0.29, 0.717) is 17.1 Å². The first-order chi connectivity index (χ1) is 10.8. The van der Waals surface area contributed by atoms with Crippen LogP contribution in [-0.4, -0.2) is 28.7 Å². The van der Waals surface area contributed by atoms with E-state index >= 15 is 0 Å². The second kappa shape index (κ2) is 5.09. The molecule has 114 valence electrons. The van der Waals surface area contributed by atoms with Crippen molar-refractivity contribution < 1.29 is 14.3 Å². The Bertz CT molecular complexity index is 722. The fourth-order valence-corrected chi connectivity index (χ4v) is 3.33. The smallest absolute Gasteiger partial charge is 0.254 e. The maximum Gasteiger partial charge on any atom is 0.254 e. The molecule has 5 heteroatoms. The monoisotopic (exact) mass is 298 g/mol. The SMILES string of the molecule is CCC1c2cccn2CCN1C(=O)c1ccc2c(c1)OCO2. The normalized spacial score (nSPS) is 19.1. The number of carbonyl (C=O) groups excluding carboxylic acids is 1. The summed E-state index contributed by atoms with van der Waals surface area (Å²) < 4.78 is 12.9. The van der Waals surface area contributed by atoms with Gasteiger partial charge in [0.25, 0.3) is 5.91 Å². The fraction of sp³-hybridized carbons (Fsp3) is 0.353. The lowest BCUT2D eigenvalue weighted by molar-refractivity contribution is 0.0617. The molecule has 0 N–H and O–H groups in total. The van der Waals surface area contributed by atoms with Gasteiger partial charge in [0.15, 0.2) is 11.5 Å². The number of aromatic nitrogens is 1. The molecule has 1 unspecified atom stereocenters. The van der Waals surface area contributed by atoms with Crippen LogP contribution in [0, 0.1) is 0 Å². The van der Waals surface area contributed by atoms with Crippen molar-refractivity contribution in [2.75, 3.05) is 13.3 Å². The molecule has 2 aliphatic rings. The van der Waals surface area contributed by atoms with E-state index in [2.05, 4.69) is 23.8 Å². The number of ether oxygens (including phenoxy) is 2. The van der Waals surface area contributed by atoms with Gasteiger partial charge in [-0.15, -0.1) is 0 Å². The molecule has 4 rings (SSSR count). The summed E-state index contributed by atoms with van der Waals surface area (Å²) in [4.78, 5) is 14.9. The van der Waals surface area contributed by atoms with Gasteiger partial charge in [-0.25, -0.2) is 0 Å². The van der Waals surface area contributed by atoms with Crippen molar-refractivity contribution in [3.05, 3.63) is 47.8 Å². The van der Waals surface area contributed by atoms with Crippen molar-refractivity contribution >= 4 is 5.91 Å². The molecule has 0 saturated heterocycles. The highest BCUT2D eigenvalue weighted by Gasteiger charge is 2.30. The highest BCUT2D eigenvalue weighted by molar-refractivity contribution is 5.95. The molecule has 1 aromatic heterocycles. The molecule has 0 bridgehead atoms. The van der Waals surface area contributed by atoms with Crippen LogP contribution in [0.1, 0.15) is 35.4 Å². The summed E-state index contributed by atoms with van der Waals surface area (Å²) in [7, 11) is 0. The number of carbonyl (C=O) groups is 1. The van der Waals surface area contributed by atoms with Gasteiger partial charge in [0.2, 0.25) is 6.79 Å². The van der Waals surface area contributed by atoms with E-state index in [1.807, 2.05) is 23.1 Å². The zero-order valence-corrected chi connectivity index (χ0v) is 12.5. The zero-order chi connectivity index (χ0) is 15.1. The van der Waals surface area contributed by atoms with Crippen LogP contribution in [0.25, 0.3) is 0 Å². The van der Waals surface area contributed by atoms with E-state index in [4.69, 9.17) is 9.47 Å². The van der Waals surface area contributed by atoms with Crippen LogP contribution in [0.2, 0.25) is 0 Å². The van der Waals surface area contributed by atoms with Crippen molar-refractivity contribution in [3.8, 4) is 11.5 Å². The van der Waals surface area contributed by atoms with E-state index < -0.39 is 0 Å². The van der Waals surface area contributed by atoms with Crippen LogP contribution >= 0.6 is 0 Å². The molecular weight excluding hydrogens is 280 g/mol. The highest BCUT2D eigenvalue weighted by atomic mass is 16.7. The number of benzene rings is 1. The Labute approximate surface area is 129 Å². The zero-order valence-electron chi connectivity index (χ0n) is 12.5. The summed E-state index contributed by atoms with van der Waals surface area (Å²) >= 11 is 0. The maximum atomic E-state index is 12.9. The minimum atomic E-state index is 0.0533. The molecule has 22 heavy (non-hydrogen) atoms. The minimum absolute atomic E-state index is 0.0533. The summed E-state index contributed by atoms with van der Waals surface area (Å²) in [6.45, 7) is 3.91. The molecule has 1 atom stereocenters. The van der Waals surface area contributed by atoms with Crippen molar-refractivity contribution in [3.63, 3.8) is 0 Å². The van der Waals surface area contributed by atoms with Gasteiger partial charge in [-0.05, 0) is 36.8 Å². The van der Waals surface area contributed by atoms with Gasteiger partial charge in [-0.3, -0.25) is 4.79 Å². The van der Waals surface area contributed by atoms with Crippen LogP contribution in [0.5, 0.6) is 11.5 Å². The molecule has 0 spiro atoms. The van der Waals surface area contributed by atoms with Crippen molar-refractivity contribution in [1.82, 2.24) is 9.47 Å². The Balaban J connectivity index is 1.65. The molecule has 1 aromatic carbocycles. The number of nitrogens with zero attached hydrogens (tertiary/aromatic N) is 2. The van der Waals surface area contributed by atoms with Gasteiger partial charge in [0, 0.05) is 30.5 Å². The van der Waals surface area contributed by atoms with Crippen LogP contribution < -0.4 is 9.47 Å². The molecule has 0 radical (unpaired) electrons. The Morgan fingerprint density at radius 3 is 2.95 bits per heavy atom. The third-order valence-electron chi connectivity index (χ3n) is 4.43. The van der Waals surface area contributed by atoms with E-state index in [1.54, 1.807) is 6.07 Å². The lowest BCUT2D eigenvalue weighted by Gasteiger charge is -2.36. The van der Waals surface area contributed by atoms with Gasteiger partial charge in [0.05, 0.1) is 6.04 Å². The number of fused-ring (bicyclic) bond motifs is 2. The Hall–Kier alpha value is -2.43. The number of hydrogen-bond acceptors (Lipinski definition) is 3. The lowest BCUT2D eigenvalue weighted by Crippen LogP contribution is -2.41. The van der Waals surface area contributed by atoms with Gasteiger partial charge < -0.3 is 18.9 Å². The predicted molar refractivity (Wildman–Crippen MR) is 81.1 cm³/mol. The standard InChI is InChI=1S/C17H18N2O3/c1-2-13-14-4-3-7-18(14)8-9-19(13)17(20)12-5-6-15-16(10-12)22-11-21-15/h3-7,10,13H,2,8-9,11H2,1H3. The maximum absolute atomic E-state index is 12.9. The van der Waals surface area contributed by atoms with Crippen LogP contribution in [0.4, 0.5) is 0 Å². The fourth-order valence-electron chi connectivity index (χ4n) is 3.33. The van der Waals surface area contributed by atoms with Crippen molar-refractivity contribution in [2.45, 2.75) is 25.9 Å². The van der Waals surface area contributed by atoms with Crippen molar-refractivity contribution in [2.24, 2.45) is 0 Å². The van der Waals surface area contributed by atoms with Crippen LogP contribution in [0.3, 0.4) is 0 Å². The molecule has 2 aromatic rings. The molecule has 0 saturated carbocycles. The Morgan fingerprint density at radius 1 is 1.23 bits per heavy atom. The predicted octanol–water partition coefficient (Wildman–Crippen LogP) is 2.82. The summed E-state index contributed by atoms with van der Waals surface area (Å²) in [5.41, 5.74) is 1.87. The number of amides is 1. The molecule has 2 aliphatic heterocycles. The summed E-state index contributed by atoms with van der Waals surface area (Å²) in [5, 5.41) is 0. The summed E-state index contributed by atoms with van der Waals surface area (Å²) in [6.07, 6.45) is 2.99. The third kappa shape index (κ3) is 1.96. The lowest BCUT2D eigenvalue weighted by atomic mass is 10.0. The van der Waals surface area contributed by atoms with E-state index in [0.717, 1.165) is 19.5 Å². The first kappa shape index (κ1) is 13.2. The topological polar surface area (TPSA) is 43.7 Å². The molecule has 3 heterocycles. The molecule has 0 aliphatic carbocycles. The molecule has 5 nitrogen and oxygen atoms in total. The van der Waals surface area contributed by atoms with Gasteiger partial charge in [0.1, 0.15) is 0 Å². The third-order valence-corrected chi connectivity index (χ3v) is 4.43. The van der Waals surface area contributed by atoms with Crippen LogP contribution in [0.15, 0.2) is 36.5 Å². The molecular formula is C17H18N2O3. The first-order valence-electron chi connectivity index (χ1n) is 7.63. The average molecular weight is 298 g/mol. The Kier molecular flexibility index (Phi) is 3.06. The number of rotatable bonds is 2. The molecule has 0 fully saturated rings. The second-order valence-corrected chi connectivity index (χ2v) is 5.62. The Morgan fingerprint density at radius 2 is 2.09 bits per heavy atom. The first-order valence-corrected chi connectivity index (χ1v) is 7.63. The minimum Gasteiger partial charge on any atom is -0.454 e.